The van der Waals surface area contributed by atoms with E-state index in [0.29, 0.717) is 17.3 Å². The Balaban J connectivity index is 1.74. The molecule has 0 spiro atoms. The van der Waals surface area contributed by atoms with Crippen LogP contribution in [0.4, 0.5) is 11.4 Å². The van der Waals surface area contributed by atoms with Gasteiger partial charge in [0.05, 0.1) is 23.9 Å². The smallest absolute Gasteiger partial charge is 0.296 e. The third-order valence-electron chi connectivity index (χ3n) is 4.04. The highest BCUT2D eigenvalue weighted by molar-refractivity contribution is 7.99. The average molecular weight is 413 g/mol. The van der Waals surface area contributed by atoms with E-state index in [1.165, 1.54) is 31.0 Å². The molecule has 0 aliphatic heterocycles. The minimum absolute atomic E-state index is 0.0257. The van der Waals surface area contributed by atoms with Gasteiger partial charge in [-0.3, -0.25) is 19.5 Å². The summed E-state index contributed by atoms with van der Waals surface area (Å²) in [5.41, 5.74) is 0.784. The van der Waals surface area contributed by atoms with Crippen LogP contribution < -0.4 is 10.1 Å². The van der Waals surface area contributed by atoms with E-state index in [4.69, 9.17) is 4.74 Å². The van der Waals surface area contributed by atoms with Crippen molar-refractivity contribution in [2.45, 2.75) is 18.5 Å². The van der Waals surface area contributed by atoms with Gasteiger partial charge in [0, 0.05) is 12.1 Å². The quantitative estimate of drug-likeness (QED) is 0.342. The summed E-state index contributed by atoms with van der Waals surface area (Å²) in [4.78, 5) is 23.1. The number of carbonyl (C=O) groups excluding carboxylic acids is 1. The topological polar surface area (TPSA) is 112 Å². The number of ether oxygens (including phenoxy) is 1. The summed E-state index contributed by atoms with van der Waals surface area (Å²) in [6.45, 7) is 1.98. The highest BCUT2D eigenvalue weighted by atomic mass is 32.2. The van der Waals surface area contributed by atoms with Crippen LogP contribution in [-0.4, -0.2) is 38.5 Å². The predicted octanol–water partition coefficient (Wildman–Crippen LogP) is 3.48. The number of anilines is 1. The van der Waals surface area contributed by atoms with Crippen LogP contribution in [0.15, 0.2) is 53.7 Å². The first-order chi connectivity index (χ1) is 14.0. The third kappa shape index (κ3) is 4.72. The molecule has 150 valence electrons. The normalized spacial score (nSPS) is 10.6. The van der Waals surface area contributed by atoms with Gasteiger partial charge in [-0.2, -0.15) is 0 Å². The van der Waals surface area contributed by atoms with Crippen molar-refractivity contribution in [3.05, 3.63) is 64.5 Å². The molecular weight excluding hydrogens is 394 g/mol. The predicted molar refractivity (Wildman–Crippen MR) is 110 cm³/mol. The Morgan fingerprint density at radius 3 is 2.66 bits per heavy atom. The number of hydrogen-bond acceptors (Lipinski definition) is 7. The van der Waals surface area contributed by atoms with Gasteiger partial charge in [0.15, 0.2) is 5.16 Å². The number of para-hydroxylation sites is 1. The Kier molecular flexibility index (Phi) is 6.45. The van der Waals surface area contributed by atoms with Crippen LogP contribution in [0, 0.1) is 10.1 Å². The maximum atomic E-state index is 12.4. The Hall–Kier alpha value is -3.40. The van der Waals surface area contributed by atoms with E-state index in [1.54, 1.807) is 6.07 Å². The molecule has 3 rings (SSSR count). The summed E-state index contributed by atoms with van der Waals surface area (Å²) >= 11 is 1.21. The Bertz CT molecular complexity index is 1020. The second-order valence-electron chi connectivity index (χ2n) is 5.90. The van der Waals surface area contributed by atoms with Crippen LogP contribution in [0.25, 0.3) is 5.69 Å². The molecule has 1 heterocycles. The molecule has 9 nitrogen and oxygen atoms in total. The molecule has 0 radical (unpaired) electrons. The fourth-order valence-electron chi connectivity index (χ4n) is 2.67. The van der Waals surface area contributed by atoms with Crippen molar-refractivity contribution in [3.8, 4) is 11.4 Å². The summed E-state index contributed by atoms with van der Waals surface area (Å²) in [7, 11) is 1.42. The monoisotopic (exact) mass is 413 g/mol. The number of thioether (sulfide) groups is 1. The van der Waals surface area contributed by atoms with Gasteiger partial charge in [-0.15, -0.1) is 10.2 Å². The van der Waals surface area contributed by atoms with Crippen LogP contribution in [0.2, 0.25) is 0 Å². The van der Waals surface area contributed by atoms with Crippen LogP contribution in [0.1, 0.15) is 12.7 Å². The first-order valence-electron chi connectivity index (χ1n) is 8.78. The number of nitro benzene ring substituents is 1. The lowest BCUT2D eigenvalue weighted by molar-refractivity contribution is -0.384. The number of aryl methyl sites for hydroxylation is 1. The average Bonchev–Trinajstić information content (AvgIpc) is 3.16. The van der Waals surface area contributed by atoms with E-state index < -0.39 is 4.92 Å². The second-order valence-corrected chi connectivity index (χ2v) is 6.84. The zero-order chi connectivity index (χ0) is 20.8. The zero-order valence-corrected chi connectivity index (χ0v) is 16.7. The molecule has 0 unspecified atom stereocenters. The van der Waals surface area contributed by atoms with Gasteiger partial charge in [0.1, 0.15) is 17.3 Å². The minimum atomic E-state index is -0.565. The van der Waals surface area contributed by atoms with Crippen molar-refractivity contribution in [2.75, 3.05) is 18.2 Å². The van der Waals surface area contributed by atoms with Crippen molar-refractivity contribution in [3.63, 3.8) is 0 Å². The van der Waals surface area contributed by atoms with Gasteiger partial charge in [-0.25, -0.2) is 0 Å². The molecular formula is C19H19N5O4S. The number of aromatic nitrogens is 3. The SMILES string of the molecule is CCc1nnc(SCC(=O)Nc2ccc(OC)cc2[N+](=O)[O-])n1-c1ccccc1. The summed E-state index contributed by atoms with van der Waals surface area (Å²) in [5, 5.41) is 22.8. The Labute approximate surface area is 171 Å². The molecule has 3 aromatic rings. The molecule has 0 saturated heterocycles. The maximum absolute atomic E-state index is 12.4. The van der Waals surface area contributed by atoms with E-state index in [0.717, 1.165) is 11.5 Å². The molecule has 1 amide bonds. The fraction of sp³-hybridized carbons (Fsp3) is 0.211. The first kappa shape index (κ1) is 20.3. The highest BCUT2D eigenvalue weighted by Gasteiger charge is 2.19. The molecule has 0 aliphatic rings. The number of carbonyl (C=O) groups is 1. The van der Waals surface area contributed by atoms with Crippen molar-refractivity contribution in [2.24, 2.45) is 0 Å². The standard InChI is InChI=1S/C19H19N5O4S/c1-3-17-21-22-19(23(17)13-7-5-4-6-8-13)29-12-18(25)20-15-10-9-14(28-2)11-16(15)24(26)27/h4-11H,3,12H2,1-2H3,(H,20,25). The lowest BCUT2D eigenvalue weighted by Gasteiger charge is -2.10. The lowest BCUT2D eigenvalue weighted by Crippen LogP contribution is -2.15. The summed E-state index contributed by atoms with van der Waals surface area (Å²) in [6, 6.07) is 13.9. The van der Waals surface area contributed by atoms with E-state index in [9.17, 15) is 14.9 Å². The number of hydrogen-bond donors (Lipinski definition) is 1. The van der Waals surface area contributed by atoms with E-state index in [1.807, 2.05) is 41.8 Å². The molecule has 29 heavy (non-hydrogen) atoms. The molecule has 0 bridgehead atoms. The largest absolute Gasteiger partial charge is 0.496 e. The highest BCUT2D eigenvalue weighted by Crippen LogP contribution is 2.29. The number of rotatable bonds is 8. The zero-order valence-electron chi connectivity index (χ0n) is 15.9. The van der Waals surface area contributed by atoms with E-state index in [2.05, 4.69) is 15.5 Å². The molecule has 10 heteroatoms. The van der Waals surface area contributed by atoms with Gasteiger partial charge in [-0.05, 0) is 24.3 Å². The number of benzene rings is 2. The van der Waals surface area contributed by atoms with Gasteiger partial charge < -0.3 is 10.1 Å². The minimum Gasteiger partial charge on any atom is -0.496 e. The van der Waals surface area contributed by atoms with Crippen molar-refractivity contribution in [1.82, 2.24) is 14.8 Å². The Morgan fingerprint density at radius 2 is 2.00 bits per heavy atom. The van der Waals surface area contributed by atoms with Gasteiger partial charge in [0.2, 0.25) is 5.91 Å². The molecule has 1 N–H and O–H groups in total. The van der Waals surface area contributed by atoms with Crippen LogP contribution in [-0.2, 0) is 11.2 Å². The van der Waals surface area contributed by atoms with Gasteiger partial charge in [0.25, 0.3) is 5.69 Å². The van der Waals surface area contributed by atoms with Gasteiger partial charge >= 0.3 is 0 Å². The summed E-state index contributed by atoms with van der Waals surface area (Å²) < 4.78 is 6.90. The molecule has 0 aliphatic carbocycles. The molecule has 0 fully saturated rings. The van der Waals surface area contributed by atoms with Crippen molar-refractivity contribution >= 4 is 29.0 Å². The molecule has 0 atom stereocenters. The first-order valence-corrected chi connectivity index (χ1v) is 9.76. The van der Waals surface area contributed by atoms with E-state index in [-0.39, 0.29) is 23.0 Å². The van der Waals surface area contributed by atoms with Crippen molar-refractivity contribution in [1.29, 1.82) is 0 Å². The van der Waals surface area contributed by atoms with Crippen LogP contribution in [0.3, 0.4) is 0 Å². The summed E-state index contributed by atoms with van der Waals surface area (Å²) in [6.07, 6.45) is 0.687. The third-order valence-corrected chi connectivity index (χ3v) is 4.97. The fourth-order valence-corrected chi connectivity index (χ4v) is 3.44. The number of nitrogens with one attached hydrogen (secondary N) is 1. The van der Waals surface area contributed by atoms with Crippen molar-refractivity contribution < 1.29 is 14.5 Å². The number of methoxy groups -OCH3 is 1. The van der Waals surface area contributed by atoms with Crippen LogP contribution >= 0.6 is 11.8 Å². The number of nitrogens with zero attached hydrogens (tertiary/aromatic N) is 4. The van der Waals surface area contributed by atoms with Crippen LogP contribution in [0.5, 0.6) is 5.75 Å². The number of nitro groups is 1. The van der Waals surface area contributed by atoms with Gasteiger partial charge in [-0.1, -0.05) is 36.9 Å². The molecule has 2 aromatic carbocycles. The molecule has 0 saturated carbocycles. The summed E-state index contributed by atoms with van der Waals surface area (Å²) in [5.74, 6) is 0.763. The lowest BCUT2D eigenvalue weighted by atomic mass is 10.2. The second kappa shape index (κ2) is 9.20. The Morgan fingerprint density at radius 1 is 1.24 bits per heavy atom. The molecule has 1 aromatic heterocycles. The maximum Gasteiger partial charge on any atom is 0.296 e. The number of amides is 1. The van der Waals surface area contributed by atoms with E-state index >= 15 is 0 Å².